The third-order valence-electron chi connectivity index (χ3n) is 5.52. The molecule has 3 heterocycles. The van der Waals surface area contributed by atoms with Crippen molar-refractivity contribution >= 4 is 22.6 Å². The Morgan fingerprint density at radius 2 is 1.86 bits per heavy atom. The number of anilines is 1. The van der Waals surface area contributed by atoms with Gasteiger partial charge in [0.1, 0.15) is 17.2 Å². The minimum atomic E-state index is -0.344. The Labute approximate surface area is 169 Å². The number of aromatic nitrogens is 3. The van der Waals surface area contributed by atoms with E-state index in [1.807, 2.05) is 51.1 Å². The lowest BCUT2D eigenvalue weighted by atomic mass is 10.0. The highest BCUT2D eigenvalue weighted by Gasteiger charge is 2.24. The van der Waals surface area contributed by atoms with Crippen LogP contribution in [0.5, 0.6) is 0 Å². The van der Waals surface area contributed by atoms with Gasteiger partial charge in [0.25, 0.3) is 11.5 Å². The largest absolute Gasteiger partial charge is 0.356 e. The Balaban J connectivity index is 1.47. The van der Waals surface area contributed by atoms with Gasteiger partial charge in [-0.05, 0) is 45.2 Å². The average Bonchev–Trinajstić information content (AvgIpc) is 2.68. The Kier molecular flexibility index (Phi) is 5.05. The second kappa shape index (κ2) is 7.66. The monoisotopic (exact) mass is 391 g/mol. The molecule has 1 fully saturated rings. The summed E-state index contributed by atoms with van der Waals surface area (Å²) in [5, 5.41) is 3.95. The zero-order valence-corrected chi connectivity index (χ0v) is 17.0. The first-order valence-electron chi connectivity index (χ1n) is 9.92. The van der Waals surface area contributed by atoms with E-state index >= 15 is 0 Å². The summed E-state index contributed by atoms with van der Waals surface area (Å²) < 4.78 is 0. The topological polar surface area (TPSA) is 91.0 Å². The second-order valence-electron chi connectivity index (χ2n) is 7.65. The maximum Gasteiger partial charge on any atom is 0.261 e. The molecule has 4 rings (SSSR count). The number of amides is 1. The van der Waals surface area contributed by atoms with Gasteiger partial charge in [-0.1, -0.05) is 18.2 Å². The zero-order chi connectivity index (χ0) is 20.5. The minimum absolute atomic E-state index is 0.0352. The summed E-state index contributed by atoms with van der Waals surface area (Å²) >= 11 is 0. The molecule has 1 aliphatic heterocycles. The maximum atomic E-state index is 12.9. The first kappa shape index (κ1) is 19.1. The average molecular weight is 391 g/mol. The third-order valence-corrected chi connectivity index (χ3v) is 5.52. The number of pyridine rings is 1. The standard InChI is InChI=1S/C22H25N5O2/c1-13-12-19(24-15(3)23-13)27-10-8-16(9-11-27)25-21(28)20-14(2)17-6-4-5-7-18(17)26-22(20)29/h4-7,12,16H,8-11H2,1-3H3,(H,25,28)(H,26,29). The molecule has 1 aliphatic rings. The predicted octanol–water partition coefficient (Wildman–Crippen LogP) is 2.64. The lowest BCUT2D eigenvalue weighted by Gasteiger charge is -2.33. The summed E-state index contributed by atoms with van der Waals surface area (Å²) in [7, 11) is 0. The second-order valence-corrected chi connectivity index (χ2v) is 7.65. The molecular weight excluding hydrogens is 366 g/mol. The zero-order valence-electron chi connectivity index (χ0n) is 17.0. The molecule has 7 heteroatoms. The fourth-order valence-corrected chi connectivity index (χ4v) is 4.05. The number of carbonyl (C=O) groups is 1. The van der Waals surface area contributed by atoms with Crippen molar-refractivity contribution in [1.82, 2.24) is 20.3 Å². The van der Waals surface area contributed by atoms with Crippen LogP contribution in [-0.2, 0) is 0 Å². The summed E-state index contributed by atoms with van der Waals surface area (Å²) in [5.74, 6) is 1.39. The molecule has 0 radical (unpaired) electrons. The van der Waals surface area contributed by atoms with Crippen LogP contribution >= 0.6 is 0 Å². The van der Waals surface area contributed by atoms with Gasteiger partial charge in [-0.2, -0.15) is 0 Å². The first-order valence-corrected chi connectivity index (χ1v) is 9.92. The molecule has 1 amide bonds. The molecule has 1 saturated heterocycles. The SMILES string of the molecule is Cc1cc(N2CCC(NC(=O)c3c(C)c4ccccc4[nH]c3=O)CC2)nc(C)n1. The number of aromatic amines is 1. The van der Waals surface area contributed by atoms with Crippen molar-refractivity contribution in [2.24, 2.45) is 0 Å². The molecule has 0 atom stereocenters. The van der Waals surface area contributed by atoms with E-state index in [0.29, 0.717) is 5.56 Å². The molecule has 0 aliphatic carbocycles. The van der Waals surface area contributed by atoms with E-state index < -0.39 is 0 Å². The van der Waals surface area contributed by atoms with Crippen LogP contribution in [0.25, 0.3) is 10.9 Å². The number of hydrogen-bond acceptors (Lipinski definition) is 5. The van der Waals surface area contributed by atoms with Crippen LogP contribution in [0, 0.1) is 20.8 Å². The van der Waals surface area contributed by atoms with Crippen molar-refractivity contribution < 1.29 is 4.79 Å². The highest BCUT2D eigenvalue weighted by atomic mass is 16.2. The van der Waals surface area contributed by atoms with Crippen molar-refractivity contribution in [2.75, 3.05) is 18.0 Å². The molecule has 7 nitrogen and oxygen atoms in total. The molecule has 150 valence electrons. The smallest absolute Gasteiger partial charge is 0.261 e. The van der Waals surface area contributed by atoms with E-state index in [2.05, 4.69) is 25.2 Å². The first-order chi connectivity index (χ1) is 13.9. The number of nitrogens with zero attached hydrogens (tertiary/aromatic N) is 3. The molecule has 29 heavy (non-hydrogen) atoms. The molecule has 0 bridgehead atoms. The molecule has 2 aromatic heterocycles. The summed E-state index contributed by atoms with van der Waals surface area (Å²) in [4.78, 5) is 39.3. The van der Waals surface area contributed by atoms with Crippen LogP contribution in [0.2, 0.25) is 0 Å². The van der Waals surface area contributed by atoms with Crippen molar-refractivity contribution in [3.8, 4) is 0 Å². The number of nitrogens with one attached hydrogen (secondary N) is 2. The normalized spacial score (nSPS) is 14.9. The molecular formula is C22H25N5O2. The van der Waals surface area contributed by atoms with E-state index in [4.69, 9.17) is 0 Å². The van der Waals surface area contributed by atoms with E-state index in [9.17, 15) is 9.59 Å². The van der Waals surface area contributed by atoms with Gasteiger partial charge in [-0.25, -0.2) is 9.97 Å². The molecule has 0 unspecified atom stereocenters. The maximum absolute atomic E-state index is 12.9. The summed E-state index contributed by atoms with van der Waals surface area (Å²) in [6.07, 6.45) is 1.61. The van der Waals surface area contributed by atoms with Gasteiger partial charge >= 0.3 is 0 Å². The minimum Gasteiger partial charge on any atom is -0.356 e. The third kappa shape index (κ3) is 3.85. The Bertz CT molecular complexity index is 1110. The van der Waals surface area contributed by atoms with Gasteiger partial charge in [0.15, 0.2) is 0 Å². The highest BCUT2D eigenvalue weighted by Crippen LogP contribution is 2.20. The number of aryl methyl sites for hydroxylation is 3. The predicted molar refractivity (Wildman–Crippen MR) is 114 cm³/mol. The Morgan fingerprint density at radius 3 is 2.59 bits per heavy atom. The van der Waals surface area contributed by atoms with Gasteiger partial charge < -0.3 is 15.2 Å². The van der Waals surface area contributed by atoms with Crippen LogP contribution in [0.4, 0.5) is 5.82 Å². The highest BCUT2D eigenvalue weighted by molar-refractivity contribution is 6.00. The number of carbonyl (C=O) groups excluding carboxylic acids is 1. The molecule has 0 saturated carbocycles. The van der Waals surface area contributed by atoms with Gasteiger partial charge in [0, 0.05) is 41.8 Å². The van der Waals surface area contributed by atoms with Crippen molar-refractivity contribution in [2.45, 2.75) is 39.7 Å². The van der Waals surface area contributed by atoms with Crippen molar-refractivity contribution in [3.05, 3.63) is 63.3 Å². The van der Waals surface area contributed by atoms with Gasteiger partial charge in [0.05, 0.1) is 0 Å². The summed E-state index contributed by atoms with van der Waals surface area (Å²) in [6, 6.07) is 9.56. The van der Waals surface area contributed by atoms with Crippen LogP contribution in [-0.4, -0.2) is 40.0 Å². The van der Waals surface area contributed by atoms with Crippen LogP contribution in [0.15, 0.2) is 35.1 Å². The van der Waals surface area contributed by atoms with E-state index in [1.54, 1.807) is 0 Å². The van der Waals surface area contributed by atoms with Crippen LogP contribution in [0.3, 0.4) is 0 Å². The molecule has 0 spiro atoms. The van der Waals surface area contributed by atoms with E-state index in [0.717, 1.165) is 54.2 Å². The fourth-order valence-electron chi connectivity index (χ4n) is 4.05. The van der Waals surface area contributed by atoms with Crippen molar-refractivity contribution in [3.63, 3.8) is 0 Å². The lowest BCUT2D eigenvalue weighted by Crippen LogP contribution is -2.46. The van der Waals surface area contributed by atoms with Crippen LogP contribution < -0.4 is 15.8 Å². The van der Waals surface area contributed by atoms with E-state index in [1.165, 1.54) is 0 Å². The Morgan fingerprint density at radius 1 is 1.14 bits per heavy atom. The quantitative estimate of drug-likeness (QED) is 0.716. The number of rotatable bonds is 3. The molecule has 1 aromatic carbocycles. The number of benzene rings is 1. The lowest BCUT2D eigenvalue weighted by molar-refractivity contribution is 0.0929. The van der Waals surface area contributed by atoms with E-state index in [-0.39, 0.29) is 23.1 Å². The number of hydrogen-bond donors (Lipinski definition) is 2. The van der Waals surface area contributed by atoms with Crippen molar-refractivity contribution in [1.29, 1.82) is 0 Å². The number of para-hydroxylation sites is 1. The number of piperidine rings is 1. The molecule has 3 aromatic rings. The summed E-state index contributed by atoms with van der Waals surface area (Å²) in [5.41, 5.74) is 2.27. The van der Waals surface area contributed by atoms with Gasteiger partial charge in [0.2, 0.25) is 0 Å². The fraction of sp³-hybridized carbons (Fsp3) is 0.364. The van der Waals surface area contributed by atoms with Gasteiger partial charge in [-0.3, -0.25) is 9.59 Å². The van der Waals surface area contributed by atoms with Crippen LogP contribution in [0.1, 0.15) is 40.3 Å². The van der Waals surface area contributed by atoms with Gasteiger partial charge in [-0.15, -0.1) is 0 Å². The number of H-pyrrole nitrogens is 1. The number of fused-ring (bicyclic) bond motifs is 1. The summed E-state index contributed by atoms with van der Waals surface area (Å²) in [6.45, 7) is 7.29. The molecule has 2 N–H and O–H groups in total. The Hall–Kier alpha value is -3.22.